The van der Waals surface area contributed by atoms with Crippen LogP contribution in [0.15, 0.2) is 72.0 Å². The predicted octanol–water partition coefficient (Wildman–Crippen LogP) is 6.38. The zero-order valence-electron chi connectivity index (χ0n) is 27.6. The number of allylic oxidation sites excluding steroid dienone is 4. The minimum atomic E-state index is -0.951. The highest BCUT2D eigenvalue weighted by molar-refractivity contribution is 5.69. The van der Waals surface area contributed by atoms with Crippen molar-refractivity contribution in [1.29, 1.82) is 0 Å². The third-order valence-corrected chi connectivity index (χ3v) is 6.20. The van der Waals surface area contributed by atoms with E-state index in [1.165, 1.54) is 29.8 Å². The molecule has 0 saturated heterocycles. The van der Waals surface area contributed by atoms with Gasteiger partial charge in [0.2, 0.25) is 0 Å². The summed E-state index contributed by atoms with van der Waals surface area (Å²) in [5.74, 6) is -1.90. The molecule has 0 spiro atoms. The number of carboxylic acids is 2. The van der Waals surface area contributed by atoms with Crippen molar-refractivity contribution in [2.24, 2.45) is 5.73 Å². The number of unbranched alkanes of at least 4 members (excludes halogenated alkanes) is 3. The Morgan fingerprint density at radius 2 is 1.04 bits per heavy atom. The SMILES string of the molecule is CC.CC(C)=C/C=C(\C)N.O=C(O)CN(CCCCCCN(CC(=O)O)Cc1ccc([N+](=O)[O-])cc1)Cc1ccc([N+](=O)[O-])cc1. The molecule has 254 valence electrons. The van der Waals surface area contributed by atoms with Gasteiger partial charge in [-0.25, -0.2) is 0 Å². The first-order valence-electron chi connectivity index (χ1n) is 15.2. The molecule has 0 fully saturated rings. The fraction of sp³-hybridized carbons (Fsp3) is 0.455. The third-order valence-electron chi connectivity index (χ3n) is 6.20. The van der Waals surface area contributed by atoms with E-state index in [1.54, 1.807) is 34.1 Å². The maximum Gasteiger partial charge on any atom is 0.317 e. The van der Waals surface area contributed by atoms with E-state index in [4.69, 9.17) is 5.73 Å². The van der Waals surface area contributed by atoms with Crippen LogP contribution in [0.1, 0.15) is 71.4 Å². The summed E-state index contributed by atoms with van der Waals surface area (Å²) >= 11 is 0. The van der Waals surface area contributed by atoms with Crippen LogP contribution in [0.3, 0.4) is 0 Å². The maximum atomic E-state index is 11.2. The van der Waals surface area contributed by atoms with E-state index in [-0.39, 0.29) is 24.5 Å². The fourth-order valence-electron chi connectivity index (χ4n) is 4.10. The molecule has 2 aromatic rings. The molecule has 0 radical (unpaired) electrons. The Balaban J connectivity index is 0.00000176. The minimum Gasteiger partial charge on any atom is -0.480 e. The Hall–Kier alpha value is -4.62. The summed E-state index contributed by atoms with van der Waals surface area (Å²) in [4.78, 5) is 46.6. The number of nitro benzene ring substituents is 2. The van der Waals surface area contributed by atoms with E-state index in [0.29, 0.717) is 26.2 Å². The van der Waals surface area contributed by atoms with Gasteiger partial charge in [-0.05, 0) is 63.9 Å². The molecule has 2 rings (SSSR count). The van der Waals surface area contributed by atoms with Crippen molar-refractivity contribution < 1.29 is 29.6 Å². The molecule has 13 nitrogen and oxygen atoms in total. The monoisotopic (exact) mass is 643 g/mol. The van der Waals surface area contributed by atoms with Gasteiger partial charge in [0, 0.05) is 43.1 Å². The van der Waals surface area contributed by atoms with E-state index >= 15 is 0 Å². The zero-order valence-corrected chi connectivity index (χ0v) is 27.6. The standard InChI is InChI=1S/C24H30N4O8.C7H13N.C2H6/c29-23(30)17-25(15-19-5-9-21(10-6-19)27(33)34)13-3-1-2-4-14-26(18-24(31)32)16-20-7-11-22(12-8-20)28(35)36;1-6(2)4-5-7(3)8;1-2/h5-12H,1-4,13-18H2,(H,29,30)(H,31,32);4-5H,8H2,1-3H3;1-2H3/b;7-5+;. The van der Waals surface area contributed by atoms with Gasteiger partial charge in [-0.3, -0.25) is 39.6 Å². The van der Waals surface area contributed by atoms with Crippen molar-refractivity contribution in [3.8, 4) is 0 Å². The molecule has 0 unspecified atom stereocenters. The molecule has 0 aliphatic rings. The molecule has 0 aliphatic heterocycles. The molecule has 0 heterocycles. The Morgan fingerprint density at radius 1 is 0.696 bits per heavy atom. The summed E-state index contributed by atoms with van der Waals surface area (Å²) < 4.78 is 0. The van der Waals surface area contributed by atoms with Crippen LogP contribution in [0.5, 0.6) is 0 Å². The second-order valence-corrected chi connectivity index (χ2v) is 10.6. The fourth-order valence-corrected chi connectivity index (χ4v) is 4.10. The number of carbonyl (C=O) groups is 2. The van der Waals surface area contributed by atoms with Gasteiger partial charge < -0.3 is 15.9 Å². The van der Waals surface area contributed by atoms with Gasteiger partial charge in [-0.1, -0.05) is 62.6 Å². The number of non-ortho nitro benzene ring substituents is 2. The highest BCUT2D eigenvalue weighted by Gasteiger charge is 2.14. The first kappa shape index (κ1) is 41.4. The lowest BCUT2D eigenvalue weighted by molar-refractivity contribution is -0.385. The Morgan fingerprint density at radius 3 is 1.28 bits per heavy atom. The largest absolute Gasteiger partial charge is 0.480 e. The average Bonchev–Trinajstić information content (AvgIpc) is 2.99. The Kier molecular flexibility index (Phi) is 21.3. The van der Waals surface area contributed by atoms with Gasteiger partial charge in [-0.15, -0.1) is 0 Å². The summed E-state index contributed by atoms with van der Waals surface area (Å²) in [6, 6.07) is 12.1. The number of hydrogen-bond donors (Lipinski definition) is 3. The molecule has 2 aromatic carbocycles. The number of nitrogens with two attached hydrogens (primary N) is 1. The maximum absolute atomic E-state index is 11.2. The number of rotatable bonds is 18. The molecule has 0 aliphatic carbocycles. The Bertz CT molecular complexity index is 1170. The summed E-state index contributed by atoms with van der Waals surface area (Å²) in [6.07, 6.45) is 7.05. The van der Waals surface area contributed by atoms with Crippen LogP contribution >= 0.6 is 0 Å². The summed E-state index contributed by atoms with van der Waals surface area (Å²) in [5.41, 5.74) is 9.02. The van der Waals surface area contributed by atoms with Crippen LogP contribution in [-0.2, 0) is 22.7 Å². The normalized spacial score (nSPS) is 10.7. The summed E-state index contributed by atoms with van der Waals surface area (Å²) in [5, 5.41) is 40.0. The lowest BCUT2D eigenvalue weighted by atomic mass is 10.1. The van der Waals surface area contributed by atoms with Gasteiger partial charge in [-0.2, -0.15) is 0 Å². The van der Waals surface area contributed by atoms with E-state index in [1.807, 2.05) is 46.8 Å². The van der Waals surface area contributed by atoms with Crippen LogP contribution in [0.25, 0.3) is 0 Å². The van der Waals surface area contributed by atoms with Gasteiger partial charge in [0.25, 0.3) is 11.4 Å². The molecule has 0 saturated carbocycles. The summed E-state index contributed by atoms with van der Waals surface area (Å²) in [7, 11) is 0. The van der Waals surface area contributed by atoms with Crippen LogP contribution in [-0.4, -0.2) is 68.0 Å². The van der Waals surface area contributed by atoms with Crippen LogP contribution in [0, 0.1) is 20.2 Å². The van der Waals surface area contributed by atoms with Crippen LogP contribution in [0.4, 0.5) is 11.4 Å². The van der Waals surface area contributed by atoms with Crippen molar-refractivity contribution >= 4 is 23.3 Å². The number of nitro groups is 2. The van der Waals surface area contributed by atoms with Crippen LogP contribution < -0.4 is 5.73 Å². The number of nitrogens with zero attached hydrogens (tertiary/aromatic N) is 4. The quantitative estimate of drug-likeness (QED) is 0.0706. The number of carboxylic acid groups (broad SMARTS) is 2. The smallest absolute Gasteiger partial charge is 0.317 e. The predicted molar refractivity (Wildman–Crippen MR) is 179 cm³/mol. The van der Waals surface area contributed by atoms with Crippen molar-refractivity contribution in [3.05, 3.63) is 103 Å². The van der Waals surface area contributed by atoms with Crippen molar-refractivity contribution in [2.45, 2.75) is 73.4 Å². The van der Waals surface area contributed by atoms with E-state index in [0.717, 1.165) is 42.5 Å². The van der Waals surface area contributed by atoms with E-state index < -0.39 is 21.8 Å². The molecule has 0 bridgehead atoms. The van der Waals surface area contributed by atoms with Gasteiger partial charge in [0.1, 0.15) is 0 Å². The molecule has 4 N–H and O–H groups in total. The molecule has 0 amide bonds. The van der Waals surface area contributed by atoms with Crippen molar-refractivity contribution in [2.75, 3.05) is 26.2 Å². The van der Waals surface area contributed by atoms with E-state index in [2.05, 4.69) is 0 Å². The second kappa shape index (κ2) is 23.7. The molecule has 46 heavy (non-hydrogen) atoms. The molecule has 0 aromatic heterocycles. The second-order valence-electron chi connectivity index (χ2n) is 10.6. The average molecular weight is 644 g/mol. The lowest BCUT2D eigenvalue weighted by Gasteiger charge is -2.21. The Labute approximate surface area is 271 Å². The zero-order chi connectivity index (χ0) is 35.1. The topological polar surface area (TPSA) is 193 Å². The highest BCUT2D eigenvalue weighted by atomic mass is 16.6. The van der Waals surface area contributed by atoms with Gasteiger partial charge in [0.05, 0.1) is 22.9 Å². The van der Waals surface area contributed by atoms with Crippen molar-refractivity contribution in [1.82, 2.24) is 9.80 Å². The first-order chi connectivity index (χ1) is 21.8. The van der Waals surface area contributed by atoms with E-state index in [9.17, 15) is 40.0 Å². The van der Waals surface area contributed by atoms with Gasteiger partial charge >= 0.3 is 11.9 Å². The summed E-state index contributed by atoms with van der Waals surface area (Å²) in [6.45, 7) is 11.5. The lowest BCUT2D eigenvalue weighted by Crippen LogP contribution is -2.31. The molecular weight excluding hydrogens is 594 g/mol. The minimum absolute atomic E-state index is 0.0194. The number of hydrogen-bond acceptors (Lipinski definition) is 9. The highest BCUT2D eigenvalue weighted by Crippen LogP contribution is 2.16. The van der Waals surface area contributed by atoms with Crippen molar-refractivity contribution in [3.63, 3.8) is 0 Å². The molecular formula is C33H49N5O8. The van der Waals surface area contributed by atoms with Crippen LogP contribution in [0.2, 0.25) is 0 Å². The van der Waals surface area contributed by atoms with Gasteiger partial charge in [0.15, 0.2) is 0 Å². The molecule has 13 heteroatoms. The molecule has 0 atom stereocenters. The third kappa shape index (κ3) is 20.4. The number of benzene rings is 2. The number of aliphatic carboxylic acids is 2. The first-order valence-corrected chi connectivity index (χ1v) is 15.2.